The summed E-state index contributed by atoms with van der Waals surface area (Å²) in [5.74, 6) is 1.31. The molecule has 0 aliphatic rings. The summed E-state index contributed by atoms with van der Waals surface area (Å²) in [5, 5.41) is 4.42. The zero-order chi connectivity index (χ0) is 19.7. The van der Waals surface area contributed by atoms with Crippen LogP contribution in [-0.2, 0) is 0 Å². The van der Waals surface area contributed by atoms with Crippen LogP contribution in [0.1, 0.15) is 20.3 Å². The summed E-state index contributed by atoms with van der Waals surface area (Å²) < 4.78 is 7.36. The van der Waals surface area contributed by atoms with E-state index in [1.165, 1.54) is 11.3 Å². The molecule has 7 heteroatoms. The number of methoxy groups -OCH3 is 1. The molecule has 0 fully saturated rings. The van der Waals surface area contributed by atoms with Crippen LogP contribution in [0, 0.1) is 5.92 Å². The van der Waals surface area contributed by atoms with Crippen LogP contribution in [-0.4, -0.2) is 28.2 Å². The van der Waals surface area contributed by atoms with E-state index < -0.39 is 0 Å². The van der Waals surface area contributed by atoms with Crippen molar-refractivity contribution in [2.75, 3.05) is 19.0 Å². The van der Waals surface area contributed by atoms with E-state index in [1.54, 1.807) is 24.2 Å². The Kier molecular flexibility index (Phi) is 5.00. The number of hydrogen-bond acceptors (Lipinski definition) is 6. The summed E-state index contributed by atoms with van der Waals surface area (Å²) >= 11 is 1.39. The van der Waals surface area contributed by atoms with Crippen LogP contribution in [0.3, 0.4) is 0 Å². The van der Waals surface area contributed by atoms with Gasteiger partial charge in [-0.1, -0.05) is 20.3 Å². The molecule has 144 valence electrons. The average molecular weight is 395 g/mol. The first-order chi connectivity index (χ1) is 13.6. The molecule has 1 atom stereocenters. The zero-order valence-electron chi connectivity index (χ0n) is 16.1. The van der Waals surface area contributed by atoms with Crippen molar-refractivity contribution >= 4 is 37.5 Å². The second kappa shape index (κ2) is 7.59. The summed E-state index contributed by atoms with van der Waals surface area (Å²) in [7, 11) is 1.62. The van der Waals surface area contributed by atoms with Crippen molar-refractivity contribution in [2.24, 2.45) is 5.92 Å². The third-order valence-corrected chi connectivity index (χ3v) is 6.05. The molecular formula is C21H22N4O2S. The van der Waals surface area contributed by atoms with E-state index in [9.17, 15) is 4.79 Å². The van der Waals surface area contributed by atoms with Gasteiger partial charge in [0.1, 0.15) is 21.6 Å². The highest BCUT2D eigenvalue weighted by Crippen LogP contribution is 2.34. The SMILES string of the molecule is CCC(C)CNc1ccnc2sc3c(=O)n(-c4ccc(OC)cc4)cnc3c12. The zero-order valence-corrected chi connectivity index (χ0v) is 16.9. The number of benzene rings is 1. The number of thiophene rings is 1. The summed E-state index contributed by atoms with van der Waals surface area (Å²) in [4.78, 5) is 23.0. The number of nitrogens with one attached hydrogen (secondary N) is 1. The summed E-state index contributed by atoms with van der Waals surface area (Å²) in [6, 6.07) is 9.30. The second-order valence-corrected chi connectivity index (χ2v) is 7.83. The van der Waals surface area contributed by atoms with Gasteiger partial charge in [-0.25, -0.2) is 9.97 Å². The van der Waals surface area contributed by atoms with Crippen LogP contribution in [0.2, 0.25) is 0 Å². The lowest BCUT2D eigenvalue weighted by molar-refractivity contribution is 0.414. The third-order valence-electron chi connectivity index (χ3n) is 4.97. The number of fused-ring (bicyclic) bond motifs is 3. The highest BCUT2D eigenvalue weighted by Gasteiger charge is 2.16. The molecule has 0 saturated carbocycles. The maximum absolute atomic E-state index is 13.1. The molecule has 3 aromatic heterocycles. The standard InChI is InChI=1S/C21H22N4O2S/c1-4-13(2)11-23-16-9-10-22-20-17(16)18-19(28-20)21(26)25(12-24-18)14-5-7-15(27-3)8-6-14/h5-10,12-13H,4,11H2,1-3H3,(H,22,23). The van der Waals surface area contributed by atoms with Gasteiger partial charge in [-0.2, -0.15) is 0 Å². The molecule has 0 amide bonds. The number of pyridine rings is 1. The molecule has 0 bridgehead atoms. The van der Waals surface area contributed by atoms with E-state index in [-0.39, 0.29) is 5.56 Å². The monoisotopic (exact) mass is 394 g/mol. The van der Waals surface area contributed by atoms with Crippen LogP contribution in [0.25, 0.3) is 26.1 Å². The van der Waals surface area contributed by atoms with Crippen molar-refractivity contribution in [2.45, 2.75) is 20.3 Å². The third kappa shape index (κ3) is 3.22. The molecule has 6 nitrogen and oxygen atoms in total. The van der Waals surface area contributed by atoms with Gasteiger partial charge in [-0.15, -0.1) is 11.3 Å². The average Bonchev–Trinajstić information content (AvgIpc) is 3.12. The van der Waals surface area contributed by atoms with Gasteiger partial charge in [0, 0.05) is 18.4 Å². The number of ether oxygens (including phenoxy) is 1. The van der Waals surface area contributed by atoms with Crippen LogP contribution < -0.4 is 15.6 Å². The largest absolute Gasteiger partial charge is 0.497 e. The number of hydrogen-bond donors (Lipinski definition) is 1. The molecule has 1 N–H and O–H groups in total. The van der Waals surface area contributed by atoms with Gasteiger partial charge in [0.05, 0.1) is 23.7 Å². The first-order valence-electron chi connectivity index (χ1n) is 9.29. The topological polar surface area (TPSA) is 69.0 Å². The number of aromatic nitrogens is 3. The number of anilines is 1. The van der Waals surface area contributed by atoms with Crippen molar-refractivity contribution in [1.82, 2.24) is 14.5 Å². The van der Waals surface area contributed by atoms with Crippen molar-refractivity contribution < 1.29 is 4.74 Å². The molecule has 1 aromatic carbocycles. The minimum Gasteiger partial charge on any atom is -0.497 e. The van der Waals surface area contributed by atoms with E-state index in [2.05, 4.69) is 29.1 Å². The van der Waals surface area contributed by atoms with Gasteiger partial charge < -0.3 is 10.1 Å². The Morgan fingerprint density at radius 2 is 2.00 bits per heavy atom. The predicted molar refractivity (Wildman–Crippen MR) is 115 cm³/mol. The minimum atomic E-state index is -0.0916. The van der Waals surface area contributed by atoms with E-state index in [4.69, 9.17) is 4.74 Å². The second-order valence-electron chi connectivity index (χ2n) is 6.83. The van der Waals surface area contributed by atoms with Gasteiger partial charge in [0.25, 0.3) is 5.56 Å². The maximum atomic E-state index is 13.1. The molecule has 28 heavy (non-hydrogen) atoms. The Morgan fingerprint density at radius 1 is 1.21 bits per heavy atom. The summed E-state index contributed by atoms with van der Waals surface area (Å²) in [5.41, 5.74) is 2.34. The predicted octanol–water partition coefficient (Wildman–Crippen LogP) is 4.46. The highest BCUT2D eigenvalue weighted by atomic mass is 32.1. The molecule has 0 spiro atoms. The Morgan fingerprint density at radius 3 is 2.71 bits per heavy atom. The van der Waals surface area contributed by atoms with Crippen molar-refractivity contribution in [3.05, 3.63) is 53.2 Å². The molecular weight excluding hydrogens is 372 g/mol. The van der Waals surface area contributed by atoms with E-state index in [1.807, 2.05) is 30.3 Å². The van der Waals surface area contributed by atoms with Crippen molar-refractivity contribution in [1.29, 1.82) is 0 Å². The Labute approximate surface area is 166 Å². The van der Waals surface area contributed by atoms with Crippen molar-refractivity contribution in [3.63, 3.8) is 0 Å². The van der Waals surface area contributed by atoms with Crippen LogP contribution in [0.5, 0.6) is 5.75 Å². The van der Waals surface area contributed by atoms with E-state index >= 15 is 0 Å². The van der Waals surface area contributed by atoms with Crippen LogP contribution >= 0.6 is 11.3 Å². The van der Waals surface area contributed by atoms with Crippen LogP contribution in [0.15, 0.2) is 47.7 Å². The molecule has 0 radical (unpaired) electrons. The number of nitrogens with zero attached hydrogens (tertiary/aromatic N) is 3. The van der Waals surface area contributed by atoms with Crippen molar-refractivity contribution in [3.8, 4) is 11.4 Å². The van der Waals surface area contributed by atoms with Crippen LogP contribution in [0.4, 0.5) is 5.69 Å². The molecule has 4 rings (SSSR count). The van der Waals surface area contributed by atoms with Gasteiger partial charge in [-0.3, -0.25) is 9.36 Å². The van der Waals surface area contributed by atoms with E-state index in [0.29, 0.717) is 16.1 Å². The fourth-order valence-electron chi connectivity index (χ4n) is 3.06. The first kappa shape index (κ1) is 18.4. The molecule has 4 aromatic rings. The Hall–Kier alpha value is -2.93. The van der Waals surface area contributed by atoms with Gasteiger partial charge in [-0.05, 0) is 36.2 Å². The number of rotatable bonds is 6. The fraction of sp³-hybridized carbons (Fsp3) is 0.286. The lowest BCUT2D eigenvalue weighted by Crippen LogP contribution is -2.17. The van der Waals surface area contributed by atoms with Gasteiger partial charge >= 0.3 is 0 Å². The Bertz CT molecular complexity index is 1180. The quantitative estimate of drug-likeness (QED) is 0.523. The molecule has 1 unspecified atom stereocenters. The lowest BCUT2D eigenvalue weighted by Gasteiger charge is -2.12. The van der Waals surface area contributed by atoms with E-state index in [0.717, 1.165) is 40.3 Å². The van der Waals surface area contributed by atoms with Gasteiger partial charge in [0.2, 0.25) is 0 Å². The fourth-order valence-corrected chi connectivity index (χ4v) is 4.11. The molecule has 0 aliphatic carbocycles. The van der Waals surface area contributed by atoms with Gasteiger partial charge in [0.15, 0.2) is 0 Å². The maximum Gasteiger partial charge on any atom is 0.275 e. The summed E-state index contributed by atoms with van der Waals surface area (Å²) in [6.07, 6.45) is 4.47. The molecule has 3 heterocycles. The Balaban J connectivity index is 1.83. The lowest BCUT2D eigenvalue weighted by atomic mass is 10.1. The smallest absolute Gasteiger partial charge is 0.275 e. The molecule has 0 aliphatic heterocycles. The first-order valence-corrected chi connectivity index (χ1v) is 10.1. The summed E-state index contributed by atoms with van der Waals surface area (Å²) in [6.45, 7) is 5.26. The molecule has 0 saturated heterocycles. The normalized spacial score (nSPS) is 12.4. The minimum absolute atomic E-state index is 0.0916. The highest BCUT2D eigenvalue weighted by molar-refractivity contribution is 7.25.